The fraction of sp³-hybridized carbons (Fsp3) is 0.216. The number of hydrogen-bond acceptors (Lipinski definition) is 6. The second-order valence-electron chi connectivity index (χ2n) is 11.3. The van der Waals surface area contributed by atoms with Crippen LogP contribution in [0.3, 0.4) is 0 Å². The zero-order chi connectivity index (χ0) is 32.6. The van der Waals surface area contributed by atoms with E-state index in [1.165, 1.54) is 6.07 Å². The number of aromatic hydroxyl groups is 3. The molecule has 0 aromatic heterocycles. The summed E-state index contributed by atoms with van der Waals surface area (Å²) < 4.78 is 0. The van der Waals surface area contributed by atoms with E-state index >= 15 is 0 Å². The SMILES string of the molecule is Cc1cc(CCNC(=O)C(CCCCNC(=O)c2cc3ccccc3cc2O)NC(=O)c2cc3c[c-]ccc3cc2O)ccc1O.[Na].[Os+]. The molecular formula is C37H36N3NaO6Os. The molecule has 11 heteroatoms. The number of amides is 3. The van der Waals surface area contributed by atoms with E-state index < -0.39 is 17.9 Å². The largest absolute Gasteiger partial charge is 1.00 e. The van der Waals surface area contributed by atoms with Crippen LogP contribution in [0.2, 0.25) is 0 Å². The Morgan fingerprint density at radius 1 is 0.729 bits per heavy atom. The number of hydrogen-bond donors (Lipinski definition) is 6. The third kappa shape index (κ3) is 9.80. The second kappa shape index (κ2) is 18.0. The average Bonchev–Trinajstić information content (AvgIpc) is 3.04. The van der Waals surface area contributed by atoms with Crippen molar-refractivity contribution in [1.29, 1.82) is 0 Å². The van der Waals surface area contributed by atoms with Crippen LogP contribution in [0, 0.1) is 13.0 Å². The second-order valence-corrected chi connectivity index (χ2v) is 11.3. The zero-order valence-corrected chi connectivity index (χ0v) is 31.4. The third-order valence-electron chi connectivity index (χ3n) is 7.95. The van der Waals surface area contributed by atoms with Gasteiger partial charge in [0.05, 0.1) is 11.1 Å². The molecule has 6 N–H and O–H groups in total. The maximum atomic E-state index is 13.3. The Kier molecular flexibility index (Phi) is 14.4. The van der Waals surface area contributed by atoms with Crippen LogP contribution in [0.15, 0.2) is 84.9 Å². The molecule has 0 heterocycles. The van der Waals surface area contributed by atoms with E-state index in [0.29, 0.717) is 32.4 Å². The summed E-state index contributed by atoms with van der Waals surface area (Å²) in [6, 6.07) is 26.3. The summed E-state index contributed by atoms with van der Waals surface area (Å²) in [6.45, 7) is 2.42. The molecule has 0 saturated carbocycles. The van der Waals surface area contributed by atoms with Crippen LogP contribution in [-0.2, 0) is 31.0 Å². The summed E-state index contributed by atoms with van der Waals surface area (Å²) in [4.78, 5) is 39.4. The average molecular weight is 832 g/mol. The number of carbonyl (C=O) groups is 3. The van der Waals surface area contributed by atoms with Gasteiger partial charge in [0.1, 0.15) is 23.3 Å². The smallest absolute Gasteiger partial charge is 0.508 e. The Morgan fingerprint density at radius 3 is 2.08 bits per heavy atom. The van der Waals surface area contributed by atoms with Crippen molar-refractivity contribution in [2.75, 3.05) is 13.1 Å². The van der Waals surface area contributed by atoms with Crippen molar-refractivity contribution >= 4 is 68.8 Å². The Hall–Kier alpha value is -3.93. The number of fused-ring (bicyclic) bond motifs is 2. The van der Waals surface area contributed by atoms with E-state index in [-0.39, 0.29) is 90.1 Å². The first-order chi connectivity index (χ1) is 22.2. The van der Waals surface area contributed by atoms with Gasteiger partial charge in [0, 0.05) is 42.6 Å². The molecule has 0 fully saturated rings. The minimum Gasteiger partial charge on any atom is -0.508 e. The van der Waals surface area contributed by atoms with Crippen molar-refractivity contribution in [2.45, 2.75) is 38.6 Å². The normalized spacial score (nSPS) is 11.2. The Bertz CT molecular complexity index is 1920. The number of aryl methyl sites for hydroxylation is 1. The molecule has 3 amide bonds. The summed E-state index contributed by atoms with van der Waals surface area (Å²) in [7, 11) is 0. The number of nitrogens with one attached hydrogen (secondary N) is 3. The van der Waals surface area contributed by atoms with Gasteiger partial charge in [0.15, 0.2) is 0 Å². The summed E-state index contributed by atoms with van der Waals surface area (Å²) in [5.74, 6) is -1.46. The number of carbonyl (C=O) groups excluding carboxylic acids is 3. The van der Waals surface area contributed by atoms with E-state index in [0.717, 1.165) is 32.7 Å². The van der Waals surface area contributed by atoms with Gasteiger partial charge in [-0.05, 0) is 78.8 Å². The molecule has 1 unspecified atom stereocenters. The zero-order valence-electron chi connectivity index (χ0n) is 26.8. The molecule has 2 radical (unpaired) electrons. The molecule has 244 valence electrons. The van der Waals surface area contributed by atoms with Gasteiger partial charge in [-0.25, -0.2) is 0 Å². The minimum atomic E-state index is -0.897. The van der Waals surface area contributed by atoms with Gasteiger partial charge < -0.3 is 31.3 Å². The van der Waals surface area contributed by atoms with E-state index in [1.54, 1.807) is 55.5 Å². The van der Waals surface area contributed by atoms with Gasteiger partial charge in [0.25, 0.3) is 11.8 Å². The first kappa shape index (κ1) is 38.5. The van der Waals surface area contributed by atoms with Gasteiger partial charge >= 0.3 is 19.8 Å². The molecule has 48 heavy (non-hydrogen) atoms. The molecule has 9 nitrogen and oxygen atoms in total. The van der Waals surface area contributed by atoms with Crippen LogP contribution in [0.25, 0.3) is 21.5 Å². The molecule has 0 saturated heterocycles. The molecular weight excluding hydrogens is 796 g/mol. The van der Waals surface area contributed by atoms with Crippen molar-refractivity contribution < 1.29 is 49.5 Å². The molecule has 0 spiro atoms. The van der Waals surface area contributed by atoms with Crippen LogP contribution in [0.4, 0.5) is 0 Å². The Morgan fingerprint density at radius 2 is 1.38 bits per heavy atom. The summed E-state index contributed by atoms with van der Waals surface area (Å²) in [5.41, 5.74) is 1.92. The van der Waals surface area contributed by atoms with Gasteiger partial charge in [-0.2, -0.15) is 24.3 Å². The molecule has 5 aromatic rings. The Labute approximate surface area is 314 Å². The van der Waals surface area contributed by atoms with Crippen molar-refractivity contribution in [3.05, 3.63) is 113 Å². The van der Waals surface area contributed by atoms with Crippen LogP contribution in [-0.4, -0.2) is 81.7 Å². The minimum absolute atomic E-state index is 0. The molecule has 0 bridgehead atoms. The number of phenolic OH excluding ortho intramolecular Hbond substituents is 3. The molecule has 0 aliphatic carbocycles. The first-order valence-corrected chi connectivity index (χ1v) is 15.2. The van der Waals surface area contributed by atoms with E-state index in [9.17, 15) is 29.7 Å². The van der Waals surface area contributed by atoms with Gasteiger partial charge in [-0.15, -0.1) is 10.8 Å². The predicted octanol–water partition coefficient (Wildman–Crippen LogP) is 4.89. The van der Waals surface area contributed by atoms with Crippen LogP contribution < -0.4 is 16.0 Å². The molecule has 0 aliphatic rings. The maximum absolute atomic E-state index is 13.3. The van der Waals surface area contributed by atoms with Gasteiger partial charge in [-0.1, -0.05) is 42.5 Å². The van der Waals surface area contributed by atoms with Crippen molar-refractivity contribution in [2.24, 2.45) is 0 Å². The topological polar surface area (TPSA) is 148 Å². The number of rotatable bonds is 12. The van der Waals surface area contributed by atoms with Gasteiger partial charge in [-0.3, -0.25) is 14.4 Å². The fourth-order valence-corrected chi connectivity index (χ4v) is 5.36. The summed E-state index contributed by atoms with van der Waals surface area (Å²) >= 11 is 0. The monoisotopic (exact) mass is 833 g/mol. The summed E-state index contributed by atoms with van der Waals surface area (Å²) in [6.07, 6.45) is 1.83. The number of unbranched alkanes of at least 4 members (excludes halogenated alkanes) is 1. The molecule has 0 aliphatic heterocycles. The summed E-state index contributed by atoms with van der Waals surface area (Å²) in [5, 5.41) is 42.3. The first-order valence-electron chi connectivity index (χ1n) is 15.2. The fourth-order valence-electron chi connectivity index (χ4n) is 5.36. The van der Waals surface area contributed by atoms with E-state index in [2.05, 4.69) is 22.0 Å². The quantitative estimate of drug-likeness (QED) is 0.0600. The Balaban J connectivity index is 0.00000312. The van der Waals surface area contributed by atoms with Crippen molar-refractivity contribution in [3.63, 3.8) is 0 Å². The molecule has 1 atom stereocenters. The van der Waals surface area contributed by atoms with Crippen LogP contribution >= 0.6 is 0 Å². The van der Waals surface area contributed by atoms with Crippen LogP contribution in [0.1, 0.15) is 51.1 Å². The van der Waals surface area contributed by atoms with Crippen molar-refractivity contribution in [3.8, 4) is 17.2 Å². The predicted molar refractivity (Wildman–Crippen MR) is 183 cm³/mol. The van der Waals surface area contributed by atoms with E-state index in [1.807, 2.05) is 30.3 Å². The third-order valence-corrected chi connectivity index (χ3v) is 7.95. The maximum Gasteiger partial charge on any atom is 1.00 e. The molecule has 5 rings (SSSR count). The van der Waals surface area contributed by atoms with Gasteiger partial charge in [0.2, 0.25) is 5.91 Å². The molecule has 5 aromatic carbocycles. The van der Waals surface area contributed by atoms with E-state index in [4.69, 9.17) is 0 Å². The van der Waals surface area contributed by atoms with Crippen molar-refractivity contribution in [1.82, 2.24) is 16.0 Å². The number of benzene rings is 5. The standard InChI is InChI=1S/C37H36N3O6.Na.Os/c1-23-18-24(13-14-32(23)41)15-17-39-37(46)31(40-36(45)30-20-26-9-3-5-11-28(26)22-34(30)43)12-6-7-16-38-35(44)29-19-25-8-2-4-10-27(25)21-33(29)42;;/h2,4-5,8-11,13-14,18-22,31,41-43H,6-7,12,15-17H2,1H3,(H,38,44)(H,39,46)(H,40,45);;/q-1;;+1. The number of phenols is 3. The van der Waals surface area contributed by atoms with Crippen LogP contribution in [0.5, 0.6) is 17.2 Å².